The summed E-state index contributed by atoms with van der Waals surface area (Å²) >= 11 is 0. The zero-order chi connectivity index (χ0) is 20.0. The number of benzene rings is 2. The van der Waals surface area contributed by atoms with Crippen molar-refractivity contribution in [3.63, 3.8) is 0 Å². The molecule has 1 aromatic heterocycles. The van der Waals surface area contributed by atoms with E-state index in [4.69, 9.17) is 5.41 Å². The maximum Gasteiger partial charge on any atom is 0.221 e. The van der Waals surface area contributed by atoms with Crippen molar-refractivity contribution in [3.8, 4) is 0 Å². The number of amidine groups is 1. The summed E-state index contributed by atoms with van der Waals surface area (Å²) in [6.45, 7) is 3.67. The molecule has 1 aliphatic heterocycles. The Morgan fingerprint density at radius 3 is 2.61 bits per heavy atom. The molecule has 1 aliphatic rings. The number of aliphatic hydroxyl groups is 1. The van der Waals surface area contributed by atoms with Gasteiger partial charge in [0, 0.05) is 25.3 Å². The molecule has 2 aromatic carbocycles. The lowest BCUT2D eigenvalue weighted by Gasteiger charge is -2.19. The van der Waals surface area contributed by atoms with E-state index in [9.17, 15) is 9.90 Å². The molecule has 0 atom stereocenters. The van der Waals surface area contributed by atoms with Gasteiger partial charge in [-0.1, -0.05) is 6.07 Å². The molecular formula is C21H21N5O2. The number of nitrogens with one attached hydrogen (secondary N) is 2. The van der Waals surface area contributed by atoms with Gasteiger partial charge in [0.05, 0.1) is 23.2 Å². The van der Waals surface area contributed by atoms with Gasteiger partial charge in [0.15, 0.2) is 0 Å². The first-order valence-electron chi connectivity index (χ1n) is 8.95. The molecule has 0 saturated carbocycles. The fourth-order valence-corrected chi connectivity index (χ4v) is 3.50. The summed E-state index contributed by atoms with van der Waals surface area (Å²) in [5, 5.41) is 22.0. The van der Waals surface area contributed by atoms with Crippen LogP contribution in [0.25, 0.3) is 16.6 Å². The maximum atomic E-state index is 11.2. The number of fused-ring (bicyclic) bond motifs is 1. The van der Waals surface area contributed by atoms with Gasteiger partial charge in [-0.25, -0.2) is 4.98 Å². The van der Waals surface area contributed by atoms with E-state index in [0.29, 0.717) is 17.1 Å². The van der Waals surface area contributed by atoms with Gasteiger partial charge in [-0.05, 0) is 48.9 Å². The summed E-state index contributed by atoms with van der Waals surface area (Å²) in [5.74, 6) is 0.742. The van der Waals surface area contributed by atoms with Crippen molar-refractivity contribution in [2.45, 2.75) is 13.8 Å². The normalized spacial score (nSPS) is 14.2. The standard InChI is InChI=1S/C21H21N5O2/c1-12-4-9-17-16(10-12)24-21(25(17)3)19-18(28)11-26(20(19)22)15-7-5-14(6-8-15)23-13(2)27/h4-10,22,28H,11H2,1-3H3,(H,23,27). The highest BCUT2D eigenvalue weighted by molar-refractivity contribution is 6.30. The molecular weight excluding hydrogens is 354 g/mol. The second-order valence-electron chi connectivity index (χ2n) is 6.97. The molecule has 7 heteroatoms. The first kappa shape index (κ1) is 17.8. The average molecular weight is 375 g/mol. The first-order chi connectivity index (χ1) is 13.3. The van der Waals surface area contributed by atoms with Crippen molar-refractivity contribution < 1.29 is 9.90 Å². The predicted octanol–water partition coefficient (Wildman–Crippen LogP) is 3.61. The lowest BCUT2D eigenvalue weighted by Crippen LogP contribution is -2.26. The molecule has 4 rings (SSSR count). The number of hydrogen-bond acceptors (Lipinski definition) is 4. The van der Waals surface area contributed by atoms with Crippen LogP contribution in [0.3, 0.4) is 0 Å². The first-order valence-corrected chi connectivity index (χ1v) is 8.95. The maximum absolute atomic E-state index is 11.2. The highest BCUT2D eigenvalue weighted by atomic mass is 16.3. The minimum atomic E-state index is -0.139. The van der Waals surface area contributed by atoms with Gasteiger partial charge in [-0.15, -0.1) is 0 Å². The summed E-state index contributed by atoms with van der Waals surface area (Å²) in [6, 6.07) is 13.2. The highest BCUT2D eigenvalue weighted by Gasteiger charge is 2.32. The fraction of sp³-hybridized carbons (Fsp3) is 0.190. The Morgan fingerprint density at radius 1 is 1.21 bits per heavy atom. The number of aliphatic hydroxyl groups excluding tert-OH is 1. The molecule has 0 unspecified atom stereocenters. The molecule has 0 saturated heterocycles. The third-order valence-corrected chi connectivity index (χ3v) is 4.86. The summed E-state index contributed by atoms with van der Waals surface area (Å²) in [7, 11) is 1.89. The second-order valence-corrected chi connectivity index (χ2v) is 6.97. The smallest absolute Gasteiger partial charge is 0.221 e. The monoisotopic (exact) mass is 375 g/mol. The largest absolute Gasteiger partial charge is 0.509 e. The Morgan fingerprint density at radius 2 is 1.93 bits per heavy atom. The van der Waals surface area contributed by atoms with E-state index in [1.54, 1.807) is 17.0 Å². The van der Waals surface area contributed by atoms with Crippen LogP contribution >= 0.6 is 0 Å². The molecule has 0 bridgehead atoms. The predicted molar refractivity (Wildman–Crippen MR) is 111 cm³/mol. The molecule has 0 radical (unpaired) electrons. The number of nitrogens with zero attached hydrogens (tertiary/aromatic N) is 3. The van der Waals surface area contributed by atoms with E-state index >= 15 is 0 Å². The van der Waals surface area contributed by atoms with E-state index in [2.05, 4.69) is 10.3 Å². The third-order valence-electron chi connectivity index (χ3n) is 4.86. The van der Waals surface area contributed by atoms with Crippen LogP contribution in [-0.4, -0.2) is 32.9 Å². The number of anilines is 2. The number of imidazole rings is 1. The lowest BCUT2D eigenvalue weighted by atomic mass is 10.2. The Labute approximate surface area is 162 Å². The fourth-order valence-electron chi connectivity index (χ4n) is 3.50. The highest BCUT2D eigenvalue weighted by Crippen LogP contribution is 2.32. The average Bonchev–Trinajstić information content (AvgIpc) is 3.11. The molecule has 7 nitrogen and oxygen atoms in total. The molecule has 0 aliphatic carbocycles. The zero-order valence-corrected chi connectivity index (χ0v) is 15.9. The molecule has 142 valence electrons. The topological polar surface area (TPSA) is 94.2 Å². The van der Waals surface area contributed by atoms with E-state index in [-0.39, 0.29) is 24.0 Å². The van der Waals surface area contributed by atoms with E-state index in [1.807, 2.05) is 48.9 Å². The SMILES string of the molecule is CC(=O)Nc1ccc(N2CC(O)=C(c3nc4cc(C)ccc4n3C)C2=N)cc1. The van der Waals surface area contributed by atoms with Gasteiger partial charge in [-0.2, -0.15) is 0 Å². The number of carbonyl (C=O) groups excluding carboxylic acids is 1. The Balaban J connectivity index is 1.67. The number of hydrogen-bond donors (Lipinski definition) is 3. The number of rotatable bonds is 3. The molecule has 3 N–H and O–H groups in total. The van der Waals surface area contributed by atoms with Gasteiger partial charge in [0.25, 0.3) is 0 Å². The number of carbonyl (C=O) groups is 1. The third kappa shape index (κ3) is 2.90. The summed E-state index contributed by atoms with van der Waals surface area (Å²) in [4.78, 5) is 17.5. The number of aromatic nitrogens is 2. The van der Waals surface area contributed by atoms with Crippen molar-refractivity contribution in [1.29, 1.82) is 5.41 Å². The second kappa shape index (κ2) is 6.53. The summed E-state index contributed by atoms with van der Waals surface area (Å²) in [6.07, 6.45) is 0. The summed E-state index contributed by atoms with van der Waals surface area (Å²) in [5.41, 5.74) is 4.77. The van der Waals surface area contributed by atoms with Crippen molar-refractivity contribution >= 4 is 39.7 Å². The minimum Gasteiger partial charge on any atom is -0.509 e. The van der Waals surface area contributed by atoms with Crippen LogP contribution in [0, 0.1) is 12.3 Å². The van der Waals surface area contributed by atoms with Crippen LogP contribution in [0.2, 0.25) is 0 Å². The van der Waals surface area contributed by atoms with Crippen molar-refractivity contribution in [3.05, 3.63) is 59.6 Å². The van der Waals surface area contributed by atoms with Crippen LogP contribution in [0.5, 0.6) is 0 Å². The van der Waals surface area contributed by atoms with Gasteiger partial charge in [0.2, 0.25) is 5.91 Å². The van der Waals surface area contributed by atoms with Gasteiger partial charge in [0.1, 0.15) is 17.4 Å². The van der Waals surface area contributed by atoms with Gasteiger partial charge in [-0.3, -0.25) is 10.2 Å². The van der Waals surface area contributed by atoms with E-state index in [0.717, 1.165) is 22.3 Å². The van der Waals surface area contributed by atoms with Crippen LogP contribution in [0.15, 0.2) is 48.2 Å². The Hall–Kier alpha value is -3.61. The van der Waals surface area contributed by atoms with Crippen molar-refractivity contribution in [1.82, 2.24) is 9.55 Å². The molecule has 3 aromatic rings. The number of amides is 1. The molecule has 0 spiro atoms. The van der Waals surface area contributed by atoms with Crippen LogP contribution in [0.4, 0.5) is 11.4 Å². The summed E-state index contributed by atoms with van der Waals surface area (Å²) < 4.78 is 1.90. The van der Waals surface area contributed by atoms with Gasteiger partial charge >= 0.3 is 0 Å². The quantitative estimate of drug-likeness (QED) is 0.652. The Bertz CT molecular complexity index is 1140. The van der Waals surface area contributed by atoms with Crippen LogP contribution < -0.4 is 10.2 Å². The van der Waals surface area contributed by atoms with Crippen molar-refractivity contribution in [2.24, 2.45) is 7.05 Å². The minimum absolute atomic E-state index is 0.117. The zero-order valence-electron chi connectivity index (χ0n) is 15.9. The molecule has 2 heterocycles. The molecule has 1 amide bonds. The van der Waals surface area contributed by atoms with Crippen LogP contribution in [-0.2, 0) is 11.8 Å². The van der Waals surface area contributed by atoms with Gasteiger partial charge < -0.3 is 19.9 Å². The lowest BCUT2D eigenvalue weighted by molar-refractivity contribution is -0.114. The van der Waals surface area contributed by atoms with E-state index < -0.39 is 0 Å². The van der Waals surface area contributed by atoms with E-state index in [1.165, 1.54) is 6.92 Å². The van der Waals surface area contributed by atoms with Crippen LogP contribution in [0.1, 0.15) is 18.3 Å². The molecule has 0 fully saturated rings. The molecule has 28 heavy (non-hydrogen) atoms. The van der Waals surface area contributed by atoms with Crippen molar-refractivity contribution in [2.75, 3.05) is 16.8 Å². The Kier molecular flexibility index (Phi) is 4.15. The number of aryl methyl sites for hydroxylation is 2.